The van der Waals surface area contributed by atoms with Crippen LogP contribution in [0.4, 0.5) is 5.69 Å². The van der Waals surface area contributed by atoms with Crippen LogP contribution in [0.3, 0.4) is 0 Å². The zero-order valence-corrected chi connectivity index (χ0v) is 10.1. The fourth-order valence-corrected chi connectivity index (χ4v) is 2.02. The van der Waals surface area contributed by atoms with Crippen LogP contribution < -0.4 is 16.8 Å². The molecule has 0 aliphatic heterocycles. The van der Waals surface area contributed by atoms with Crippen LogP contribution in [0.5, 0.6) is 0 Å². The van der Waals surface area contributed by atoms with Gasteiger partial charge < -0.3 is 16.8 Å². The molecule has 0 saturated heterocycles. The summed E-state index contributed by atoms with van der Waals surface area (Å²) < 4.78 is 0. The molecule has 1 aliphatic rings. The normalized spacial score (nSPS) is 16.7. The van der Waals surface area contributed by atoms with E-state index in [9.17, 15) is 9.59 Å². The molecule has 1 aromatic rings. The number of nitrogens with two attached hydrogens (primary N) is 2. The molecule has 0 radical (unpaired) electrons. The Labute approximate surface area is 106 Å². The first-order chi connectivity index (χ1) is 8.51. The summed E-state index contributed by atoms with van der Waals surface area (Å²) in [5, 5.41) is 2.79. The Morgan fingerprint density at radius 1 is 1.28 bits per heavy atom. The number of hydrogen-bond donors (Lipinski definition) is 3. The van der Waals surface area contributed by atoms with Gasteiger partial charge in [-0.2, -0.15) is 0 Å². The molecule has 1 aromatic carbocycles. The van der Waals surface area contributed by atoms with E-state index in [1.54, 1.807) is 24.3 Å². The fourth-order valence-electron chi connectivity index (χ4n) is 2.02. The van der Waals surface area contributed by atoms with Crippen molar-refractivity contribution in [3.05, 3.63) is 29.8 Å². The molecule has 0 atom stereocenters. The summed E-state index contributed by atoms with van der Waals surface area (Å²) in [6.07, 6.45) is 2.49. The van der Waals surface area contributed by atoms with E-state index in [-0.39, 0.29) is 12.3 Å². The van der Waals surface area contributed by atoms with E-state index < -0.39 is 11.4 Å². The summed E-state index contributed by atoms with van der Waals surface area (Å²) in [6, 6.07) is 7.11. The smallest absolute Gasteiger partial charge is 0.244 e. The van der Waals surface area contributed by atoms with E-state index >= 15 is 0 Å². The second-order valence-corrected chi connectivity index (χ2v) is 4.76. The highest BCUT2D eigenvalue weighted by Crippen LogP contribution is 2.30. The molecule has 2 amide bonds. The maximum atomic E-state index is 12.0. The molecule has 0 aromatic heterocycles. The van der Waals surface area contributed by atoms with E-state index in [4.69, 9.17) is 11.5 Å². The number of para-hydroxylation sites is 1. The van der Waals surface area contributed by atoms with Gasteiger partial charge in [0.25, 0.3) is 0 Å². The highest BCUT2D eigenvalue weighted by Gasteiger charge is 2.40. The monoisotopic (exact) mass is 247 g/mol. The minimum absolute atomic E-state index is 0.105. The third-order valence-electron chi connectivity index (χ3n) is 3.33. The Bertz CT molecular complexity index is 481. The molecule has 5 nitrogen and oxygen atoms in total. The van der Waals surface area contributed by atoms with E-state index in [2.05, 4.69) is 5.32 Å². The first-order valence-corrected chi connectivity index (χ1v) is 5.98. The number of benzene rings is 1. The van der Waals surface area contributed by atoms with Crippen molar-refractivity contribution in [2.75, 3.05) is 5.32 Å². The average Bonchev–Trinajstić information content (AvgIpc) is 2.27. The minimum Gasteiger partial charge on any atom is -0.369 e. The molecule has 18 heavy (non-hydrogen) atoms. The van der Waals surface area contributed by atoms with E-state index in [0.717, 1.165) is 6.42 Å². The van der Waals surface area contributed by atoms with E-state index in [0.29, 0.717) is 24.1 Å². The summed E-state index contributed by atoms with van der Waals surface area (Å²) in [7, 11) is 0. The van der Waals surface area contributed by atoms with Gasteiger partial charge in [-0.25, -0.2) is 0 Å². The molecule has 0 unspecified atom stereocenters. The number of hydrogen-bond acceptors (Lipinski definition) is 3. The first-order valence-electron chi connectivity index (χ1n) is 5.98. The molecule has 5 N–H and O–H groups in total. The number of primary amides is 1. The van der Waals surface area contributed by atoms with Gasteiger partial charge in [0.15, 0.2) is 0 Å². The average molecular weight is 247 g/mol. The van der Waals surface area contributed by atoms with E-state index in [1.165, 1.54) is 0 Å². The van der Waals surface area contributed by atoms with Gasteiger partial charge in [0.05, 0.1) is 12.0 Å². The molecule has 96 valence electrons. The lowest BCUT2D eigenvalue weighted by Crippen LogP contribution is -2.56. The van der Waals surface area contributed by atoms with Crippen LogP contribution in [0.1, 0.15) is 24.8 Å². The molecular formula is C13H17N3O2. The van der Waals surface area contributed by atoms with Gasteiger partial charge in [0.1, 0.15) is 0 Å². The number of anilines is 1. The van der Waals surface area contributed by atoms with Crippen molar-refractivity contribution >= 4 is 17.5 Å². The SMILES string of the molecule is NC(=O)Cc1ccccc1NC(=O)C1(N)CCC1. The molecule has 5 heteroatoms. The van der Waals surface area contributed by atoms with Crippen molar-refractivity contribution in [2.45, 2.75) is 31.2 Å². The predicted molar refractivity (Wildman–Crippen MR) is 68.7 cm³/mol. The van der Waals surface area contributed by atoms with Gasteiger partial charge >= 0.3 is 0 Å². The van der Waals surface area contributed by atoms with Gasteiger partial charge in [0, 0.05) is 5.69 Å². The summed E-state index contributed by atoms with van der Waals surface area (Å²) in [5.41, 5.74) is 11.7. The van der Waals surface area contributed by atoms with Crippen LogP contribution in [0.25, 0.3) is 0 Å². The lowest BCUT2D eigenvalue weighted by Gasteiger charge is -2.36. The van der Waals surface area contributed by atoms with Crippen LogP contribution in [-0.2, 0) is 16.0 Å². The van der Waals surface area contributed by atoms with Crippen molar-refractivity contribution < 1.29 is 9.59 Å². The summed E-state index contributed by atoms with van der Waals surface area (Å²) in [6.45, 7) is 0. The third kappa shape index (κ3) is 2.51. The van der Waals surface area contributed by atoms with Crippen molar-refractivity contribution in [3.8, 4) is 0 Å². The van der Waals surface area contributed by atoms with Gasteiger partial charge in [-0.15, -0.1) is 0 Å². The van der Waals surface area contributed by atoms with Gasteiger partial charge in [-0.3, -0.25) is 9.59 Å². The molecule has 2 rings (SSSR count). The zero-order valence-electron chi connectivity index (χ0n) is 10.1. The van der Waals surface area contributed by atoms with Crippen molar-refractivity contribution in [1.82, 2.24) is 0 Å². The zero-order chi connectivity index (χ0) is 13.2. The van der Waals surface area contributed by atoms with Gasteiger partial charge in [0.2, 0.25) is 11.8 Å². The Morgan fingerprint density at radius 3 is 2.50 bits per heavy atom. The minimum atomic E-state index is -0.750. The Hall–Kier alpha value is -1.88. The summed E-state index contributed by atoms with van der Waals surface area (Å²) >= 11 is 0. The molecule has 1 fully saturated rings. The lowest BCUT2D eigenvalue weighted by atomic mass is 9.77. The predicted octanol–water partition coefficient (Wildman–Crippen LogP) is 0.534. The standard InChI is InChI=1S/C13H17N3O2/c14-11(17)8-9-4-1-2-5-10(9)16-12(18)13(15)6-3-7-13/h1-2,4-5H,3,6-8,15H2,(H2,14,17)(H,16,18). The van der Waals surface area contributed by atoms with Crippen LogP contribution in [0, 0.1) is 0 Å². The molecule has 1 saturated carbocycles. The fraction of sp³-hybridized carbons (Fsp3) is 0.385. The largest absolute Gasteiger partial charge is 0.369 e. The molecule has 0 bridgehead atoms. The molecule has 1 aliphatic carbocycles. The number of amides is 2. The second kappa shape index (κ2) is 4.78. The third-order valence-corrected chi connectivity index (χ3v) is 3.33. The maximum Gasteiger partial charge on any atom is 0.244 e. The topological polar surface area (TPSA) is 98.2 Å². The number of carbonyl (C=O) groups excluding carboxylic acids is 2. The Morgan fingerprint density at radius 2 is 1.94 bits per heavy atom. The Kier molecular flexibility index (Phi) is 3.34. The van der Waals surface area contributed by atoms with Crippen LogP contribution >= 0.6 is 0 Å². The molecular weight excluding hydrogens is 230 g/mol. The van der Waals surface area contributed by atoms with Crippen LogP contribution in [-0.4, -0.2) is 17.4 Å². The maximum absolute atomic E-state index is 12.0. The van der Waals surface area contributed by atoms with Gasteiger partial charge in [-0.1, -0.05) is 18.2 Å². The molecule has 0 heterocycles. The highest BCUT2D eigenvalue weighted by molar-refractivity contribution is 5.99. The molecule has 0 spiro atoms. The van der Waals surface area contributed by atoms with Crippen molar-refractivity contribution in [3.63, 3.8) is 0 Å². The van der Waals surface area contributed by atoms with Gasteiger partial charge in [-0.05, 0) is 30.9 Å². The van der Waals surface area contributed by atoms with Crippen molar-refractivity contribution in [2.24, 2.45) is 11.5 Å². The van der Waals surface area contributed by atoms with Crippen LogP contribution in [0.15, 0.2) is 24.3 Å². The quantitative estimate of drug-likeness (QED) is 0.724. The number of rotatable bonds is 4. The van der Waals surface area contributed by atoms with Crippen molar-refractivity contribution in [1.29, 1.82) is 0 Å². The highest BCUT2D eigenvalue weighted by atomic mass is 16.2. The number of nitrogens with one attached hydrogen (secondary N) is 1. The van der Waals surface area contributed by atoms with E-state index in [1.807, 2.05) is 0 Å². The first kappa shape index (κ1) is 12.6. The lowest BCUT2D eigenvalue weighted by molar-refractivity contribution is -0.124. The Balaban J connectivity index is 2.13. The number of carbonyl (C=O) groups is 2. The van der Waals surface area contributed by atoms with Crippen LogP contribution in [0.2, 0.25) is 0 Å². The summed E-state index contributed by atoms with van der Waals surface area (Å²) in [5.74, 6) is -0.617. The summed E-state index contributed by atoms with van der Waals surface area (Å²) in [4.78, 5) is 23.0. The second-order valence-electron chi connectivity index (χ2n) is 4.76.